The second kappa shape index (κ2) is 5.55. The van der Waals surface area contributed by atoms with Crippen molar-refractivity contribution in [1.82, 2.24) is 19.6 Å². The van der Waals surface area contributed by atoms with E-state index >= 15 is 0 Å². The Kier molecular flexibility index (Phi) is 3.20. The summed E-state index contributed by atoms with van der Waals surface area (Å²) in [6.45, 7) is 2.08. The van der Waals surface area contributed by atoms with Gasteiger partial charge in [-0.05, 0) is 38.0 Å². The third-order valence-electron chi connectivity index (χ3n) is 5.02. The van der Waals surface area contributed by atoms with E-state index in [1.54, 1.807) is 0 Å². The Morgan fingerprint density at radius 3 is 2.80 bits per heavy atom. The summed E-state index contributed by atoms with van der Waals surface area (Å²) in [4.78, 5) is 4.45. The van der Waals surface area contributed by atoms with Crippen molar-refractivity contribution in [3.05, 3.63) is 60.4 Å². The minimum absolute atomic E-state index is 0.524. The number of oxazole rings is 1. The van der Waals surface area contributed by atoms with Gasteiger partial charge in [0, 0.05) is 23.2 Å². The molecule has 0 saturated heterocycles. The highest BCUT2D eigenvalue weighted by Gasteiger charge is 2.25. The number of rotatable bonds is 3. The first kappa shape index (κ1) is 14.4. The van der Waals surface area contributed by atoms with Crippen LogP contribution in [0.15, 0.2) is 53.4 Å². The highest BCUT2D eigenvalue weighted by atomic mass is 16.3. The van der Waals surface area contributed by atoms with Crippen molar-refractivity contribution >= 4 is 5.65 Å². The summed E-state index contributed by atoms with van der Waals surface area (Å²) < 4.78 is 7.84. The van der Waals surface area contributed by atoms with E-state index < -0.39 is 0 Å². The summed E-state index contributed by atoms with van der Waals surface area (Å²) in [5.41, 5.74) is 4.99. The van der Waals surface area contributed by atoms with Gasteiger partial charge in [0.1, 0.15) is 11.5 Å². The average molecular weight is 330 g/mol. The molecule has 1 aliphatic carbocycles. The third-order valence-corrected chi connectivity index (χ3v) is 5.02. The Labute approximate surface area is 145 Å². The van der Waals surface area contributed by atoms with Gasteiger partial charge in [0.2, 0.25) is 0 Å². The summed E-state index contributed by atoms with van der Waals surface area (Å²) >= 11 is 0. The van der Waals surface area contributed by atoms with Gasteiger partial charge in [-0.2, -0.15) is 0 Å². The van der Waals surface area contributed by atoms with Crippen LogP contribution in [-0.2, 0) is 0 Å². The van der Waals surface area contributed by atoms with E-state index in [9.17, 15) is 0 Å². The van der Waals surface area contributed by atoms with Crippen LogP contribution < -0.4 is 0 Å². The molecule has 0 unspecified atom stereocenters. The second-order valence-corrected chi connectivity index (χ2v) is 6.73. The number of pyridine rings is 1. The van der Waals surface area contributed by atoms with Crippen LogP contribution in [0.5, 0.6) is 0 Å². The van der Waals surface area contributed by atoms with E-state index in [0.29, 0.717) is 5.92 Å². The van der Waals surface area contributed by atoms with Gasteiger partial charge in [-0.1, -0.05) is 30.2 Å². The molecule has 5 heteroatoms. The number of hydrogen-bond acceptors (Lipinski definition) is 4. The van der Waals surface area contributed by atoms with Gasteiger partial charge in [-0.15, -0.1) is 10.2 Å². The van der Waals surface area contributed by atoms with Crippen LogP contribution in [0.2, 0.25) is 0 Å². The lowest BCUT2D eigenvalue weighted by molar-refractivity contribution is 0.399. The molecule has 3 aromatic heterocycles. The molecule has 4 aromatic rings. The molecule has 25 heavy (non-hydrogen) atoms. The van der Waals surface area contributed by atoms with E-state index in [4.69, 9.17) is 4.42 Å². The second-order valence-electron chi connectivity index (χ2n) is 6.73. The topological polar surface area (TPSA) is 56.2 Å². The van der Waals surface area contributed by atoms with Crippen molar-refractivity contribution in [3.63, 3.8) is 0 Å². The molecule has 3 heterocycles. The molecular weight excluding hydrogens is 312 g/mol. The van der Waals surface area contributed by atoms with Crippen LogP contribution in [0.3, 0.4) is 0 Å². The maximum Gasteiger partial charge on any atom is 0.182 e. The zero-order valence-electron chi connectivity index (χ0n) is 14.0. The maximum absolute atomic E-state index is 5.75. The molecule has 5 nitrogen and oxygen atoms in total. The van der Waals surface area contributed by atoms with E-state index in [1.165, 1.54) is 31.2 Å². The van der Waals surface area contributed by atoms with E-state index in [1.807, 2.05) is 18.2 Å². The Hall–Kier alpha value is -2.95. The zero-order chi connectivity index (χ0) is 16.8. The van der Waals surface area contributed by atoms with E-state index in [-0.39, 0.29) is 0 Å². The zero-order valence-corrected chi connectivity index (χ0v) is 14.0. The lowest BCUT2D eigenvalue weighted by Gasteiger charge is -2.23. The van der Waals surface area contributed by atoms with Crippen molar-refractivity contribution < 1.29 is 4.42 Å². The maximum atomic E-state index is 5.75. The van der Waals surface area contributed by atoms with Gasteiger partial charge < -0.3 is 4.42 Å². The summed E-state index contributed by atoms with van der Waals surface area (Å²) in [6.07, 6.45) is 7.25. The van der Waals surface area contributed by atoms with Crippen molar-refractivity contribution in [1.29, 1.82) is 0 Å². The van der Waals surface area contributed by atoms with E-state index in [2.05, 4.69) is 50.9 Å². The van der Waals surface area contributed by atoms with Crippen molar-refractivity contribution in [2.45, 2.75) is 32.1 Å². The molecular formula is C20H18N4O. The normalized spacial score (nSPS) is 14.8. The van der Waals surface area contributed by atoms with Crippen LogP contribution >= 0.6 is 0 Å². The minimum Gasteiger partial charge on any atom is -0.443 e. The molecule has 1 aromatic carbocycles. The molecule has 1 fully saturated rings. The molecule has 0 atom stereocenters. The standard InChI is InChI=1S/C20H18N4O/c1-13-4-2-7-15(10-13)18-19(25-12-21-18)16-8-9-17-22-23-20(24(17)11-16)14-5-3-6-14/h2,4,7-12,14H,3,5-6H2,1H3. The summed E-state index contributed by atoms with van der Waals surface area (Å²) in [7, 11) is 0. The van der Waals surface area contributed by atoms with Crippen LogP contribution in [0.1, 0.15) is 36.6 Å². The van der Waals surface area contributed by atoms with Gasteiger partial charge in [0.05, 0.1) is 0 Å². The smallest absolute Gasteiger partial charge is 0.182 e. The number of aromatic nitrogens is 4. The Bertz CT molecular complexity index is 1060. The van der Waals surface area contributed by atoms with Gasteiger partial charge in [0.15, 0.2) is 17.8 Å². The van der Waals surface area contributed by atoms with Gasteiger partial charge >= 0.3 is 0 Å². The SMILES string of the molecule is Cc1cccc(-c2ncoc2-c2ccc3nnc(C4CCC4)n3c2)c1. The first-order valence-electron chi connectivity index (χ1n) is 8.65. The highest BCUT2D eigenvalue weighted by molar-refractivity contribution is 5.77. The Morgan fingerprint density at radius 1 is 1.08 bits per heavy atom. The summed E-state index contributed by atoms with van der Waals surface area (Å²) in [6, 6.07) is 12.3. The quantitative estimate of drug-likeness (QED) is 0.550. The number of fused-ring (bicyclic) bond motifs is 1. The number of nitrogens with zero attached hydrogens (tertiary/aromatic N) is 4. The van der Waals surface area contributed by atoms with Crippen molar-refractivity contribution in [2.24, 2.45) is 0 Å². The Morgan fingerprint density at radius 2 is 2.00 bits per heavy atom. The number of hydrogen-bond donors (Lipinski definition) is 0. The predicted octanol–water partition coefficient (Wildman–Crippen LogP) is 4.63. The van der Waals surface area contributed by atoms with Gasteiger partial charge in [-0.25, -0.2) is 4.98 Å². The highest BCUT2D eigenvalue weighted by Crippen LogP contribution is 2.36. The van der Waals surface area contributed by atoms with Crippen molar-refractivity contribution in [2.75, 3.05) is 0 Å². The molecule has 0 N–H and O–H groups in total. The monoisotopic (exact) mass is 330 g/mol. The average Bonchev–Trinajstić information content (AvgIpc) is 3.20. The minimum atomic E-state index is 0.524. The number of aryl methyl sites for hydroxylation is 1. The van der Waals surface area contributed by atoms with Crippen LogP contribution in [0.4, 0.5) is 0 Å². The van der Waals surface area contributed by atoms with Crippen LogP contribution in [0, 0.1) is 6.92 Å². The lowest BCUT2D eigenvalue weighted by Crippen LogP contribution is -2.12. The molecule has 0 spiro atoms. The first-order valence-corrected chi connectivity index (χ1v) is 8.65. The van der Waals surface area contributed by atoms with Crippen LogP contribution in [-0.4, -0.2) is 19.6 Å². The summed E-state index contributed by atoms with van der Waals surface area (Å²) in [5.74, 6) is 2.36. The molecule has 0 radical (unpaired) electrons. The fourth-order valence-electron chi connectivity index (χ4n) is 3.44. The van der Waals surface area contributed by atoms with E-state index in [0.717, 1.165) is 34.1 Å². The van der Waals surface area contributed by atoms with Gasteiger partial charge in [-0.3, -0.25) is 4.40 Å². The van der Waals surface area contributed by atoms with Crippen molar-refractivity contribution in [3.8, 4) is 22.6 Å². The fraction of sp³-hybridized carbons (Fsp3) is 0.250. The van der Waals surface area contributed by atoms with Gasteiger partial charge in [0.25, 0.3) is 0 Å². The fourth-order valence-corrected chi connectivity index (χ4v) is 3.44. The molecule has 0 aliphatic heterocycles. The lowest BCUT2D eigenvalue weighted by atomic mass is 9.85. The molecule has 0 amide bonds. The first-order chi connectivity index (χ1) is 12.3. The molecule has 5 rings (SSSR count). The number of benzene rings is 1. The molecule has 0 bridgehead atoms. The molecule has 1 saturated carbocycles. The largest absolute Gasteiger partial charge is 0.443 e. The van der Waals surface area contributed by atoms with Crippen LogP contribution in [0.25, 0.3) is 28.2 Å². The third kappa shape index (κ3) is 2.35. The Balaban J connectivity index is 1.63. The molecule has 124 valence electrons. The predicted molar refractivity (Wildman–Crippen MR) is 95.2 cm³/mol. The summed E-state index contributed by atoms with van der Waals surface area (Å²) in [5, 5.41) is 8.70. The molecule has 1 aliphatic rings.